The van der Waals surface area contributed by atoms with E-state index in [4.69, 9.17) is 4.74 Å². The first kappa shape index (κ1) is 15.5. The van der Waals surface area contributed by atoms with E-state index in [0.29, 0.717) is 24.4 Å². The van der Waals surface area contributed by atoms with Gasteiger partial charge in [-0.3, -0.25) is 4.79 Å². The lowest BCUT2D eigenvalue weighted by molar-refractivity contribution is -0.119. The Balaban J connectivity index is 2.00. The maximum atomic E-state index is 12.0. The van der Waals surface area contributed by atoms with Crippen LogP contribution in [-0.4, -0.2) is 44.8 Å². The second-order valence-corrected chi connectivity index (χ2v) is 4.97. The van der Waals surface area contributed by atoms with Crippen molar-refractivity contribution < 1.29 is 19.1 Å². The molecule has 1 aliphatic heterocycles. The van der Waals surface area contributed by atoms with Gasteiger partial charge < -0.3 is 20.1 Å². The number of rotatable bonds is 4. The molecule has 1 unspecified atom stereocenters. The van der Waals surface area contributed by atoms with Crippen LogP contribution in [0.2, 0.25) is 0 Å². The van der Waals surface area contributed by atoms with Crippen LogP contribution < -0.4 is 10.6 Å². The third-order valence-corrected chi connectivity index (χ3v) is 3.35. The van der Waals surface area contributed by atoms with Gasteiger partial charge in [0.2, 0.25) is 5.91 Å². The van der Waals surface area contributed by atoms with E-state index in [2.05, 4.69) is 15.4 Å². The van der Waals surface area contributed by atoms with E-state index in [1.807, 2.05) is 6.92 Å². The SMILES string of the molecule is COC(=O)c1ccc(C)c(NC(=O)CC2CNCCO2)c1. The summed E-state index contributed by atoms with van der Waals surface area (Å²) < 4.78 is 10.2. The number of esters is 1. The molecular weight excluding hydrogens is 272 g/mol. The Morgan fingerprint density at radius 3 is 2.95 bits per heavy atom. The summed E-state index contributed by atoms with van der Waals surface area (Å²) >= 11 is 0. The molecule has 0 bridgehead atoms. The first-order chi connectivity index (χ1) is 10.1. The van der Waals surface area contributed by atoms with Gasteiger partial charge in [0.1, 0.15) is 0 Å². The lowest BCUT2D eigenvalue weighted by Gasteiger charge is -2.23. The number of benzene rings is 1. The Morgan fingerprint density at radius 1 is 1.48 bits per heavy atom. The van der Waals surface area contributed by atoms with E-state index in [-0.39, 0.29) is 18.4 Å². The van der Waals surface area contributed by atoms with E-state index >= 15 is 0 Å². The van der Waals surface area contributed by atoms with Crippen LogP contribution in [0.5, 0.6) is 0 Å². The number of carbonyl (C=O) groups is 2. The average molecular weight is 292 g/mol. The van der Waals surface area contributed by atoms with Gasteiger partial charge in [-0.25, -0.2) is 4.79 Å². The lowest BCUT2D eigenvalue weighted by atomic mass is 10.1. The fourth-order valence-corrected chi connectivity index (χ4v) is 2.16. The fourth-order valence-electron chi connectivity index (χ4n) is 2.16. The number of methoxy groups -OCH3 is 1. The minimum Gasteiger partial charge on any atom is -0.465 e. The van der Waals surface area contributed by atoms with E-state index in [1.54, 1.807) is 18.2 Å². The Bertz CT molecular complexity index is 524. The molecule has 1 aromatic carbocycles. The van der Waals surface area contributed by atoms with Crippen LogP contribution in [0.25, 0.3) is 0 Å². The van der Waals surface area contributed by atoms with Gasteiger partial charge in [-0.2, -0.15) is 0 Å². The zero-order chi connectivity index (χ0) is 15.2. The molecule has 1 saturated heterocycles. The van der Waals surface area contributed by atoms with Crippen LogP contribution in [-0.2, 0) is 14.3 Å². The number of hydrogen-bond acceptors (Lipinski definition) is 5. The third-order valence-electron chi connectivity index (χ3n) is 3.35. The number of aryl methyl sites for hydroxylation is 1. The summed E-state index contributed by atoms with van der Waals surface area (Å²) in [5.41, 5.74) is 1.92. The predicted molar refractivity (Wildman–Crippen MR) is 78.4 cm³/mol. The average Bonchev–Trinajstić information content (AvgIpc) is 2.49. The summed E-state index contributed by atoms with van der Waals surface area (Å²) in [5, 5.41) is 6.00. The van der Waals surface area contributed by atoms with Gasteiger partial charge >= 0.3 is 5.97 Å². The second kappa shape index (κ2) is 7.19. The quantitative estimate of drug-likeness (QED) is 0.813. The molecule has 0 radical (unpaired) electrons. The normalized spacial score (nSPS) is 18.1. The van der Waals surface area contributed by atoms with Crippen molar-refractivity contribution in [2.45, 2.75) is 19.4 Å². The van der Waals surface area contributed by atoms with Crippen LogP contribution in [0.15, 0.2) is 18.2 Å². The minimum absolute atomic E-state index is 0.108. The molecule has 6 nitrogen and oxygen atoms in total. The van der Waals surface area contributed by atoms with E-state index in [9.17, 15) is 9.59 Å². The maximum absolute atomic E-state index is 12.0. The molecule has 0 saturated carbocycles. The number of carbonyl (C=O) groups excluding carboxylic acids is 2. The molecule has 114 valence electrons. The Kier molecular flexibility index (Phi) is 5.30. The van der Waals surface area contributed by atoms with Crippen LogP contribution in [0.1, 0.15) is 22.3 Å². The van der Waals surface area contributed by atoms with Crippen molar-refractivity contribution >= 4 is 17.6 Å². The second-order valence-electron chi connectivity index (χ2n) is 4.97. The van der Waals surface area contributed by atoms with Crippen molar-refractivity contribution in [3.8, 4) is 0 Å². The van der Waals surface area contributed by atoms with Crippen molar-refractivity contribution in [2.24, 2.45) is 0 Å². The zero-order valence-electron chi connectivity index (χ0n) is 12.3. The summed E-state index contributed by atoms with van der Waals surface area (Å²) in [6.07, 6.45) is 0.178. The monoisotopic (exact) mass is 292 g/mol. The first-order valence-corrected chi connectivity index (χ1v) is 6.91. The largest absolute Gasteiger partial charge is 0.465 e. The highest BCUT2D eigenvalue weighted by atomic mass is 16.5. The van der Waals surface area contributed by atoms with Gasteiger partial charge in [-0.15, -0.1) is 0 Å². The van der Waals surface area contributed by atoms with Crippen molar-refractivity contribution in [2.75, 3.05) is 32.1 Å². The number of nitrogens with one attached hydrogen (secondary N) is 2. The Morgan fingerprint density at radius 2 is 2.29 bits per heavy atom. The van der Waals surface area contributed by atoms with Crippen molar-refractivity contribution in [3.63, 3.8) is 0 Å². The number of anilines is 1. The highest BCUT2D eigenvalue weighted by Crippen LogP contribution is 2.18. The summed E-state index contributed by atoms with van der Waals surface area (Å²) in [6.45, 7) is 3.98. The highest BCUT2D eigenvalue weighted by Gasteiger charge is 2.18. The fraction of sp³-hybridized carbons (Fsp3) is 0.467. The van der Waals surface area contributed by atoms with Crippen LogP contribution >= 0.6 is 0 Å². The lowest BCUT2D eigenvalue weighted by Crippen LogP contribution is -2.40. The van der Waals surface area contributed by atoms with E-state index in [1.165, 1.54) is 7.11 Å². The topological polar surface area (TPSA) is 76.7 Å². The molecule has 1 amide bonds. The maximum Gasteiger partial charge on any atom is 0.337 e. The van der Waals surface area contributed by atoms with Crippen molar-refractivity contribution in [3.05, 3.63) is 29.3 Å². The molecule has 6 heteroatoms. The van der Waals surface area contributed by atoms with Gasteiger partial charge in [-0.05, 0) is 24.6 Å². The van der Waals surface area contributed by atoms with Gasteiger partial charge in [-0.1, -0.05) is 6.07 Å². The van der Waals surface area contributed by atoms with E-state index in [0.717, 1.165) is 12.1 Å². The summed E-state index contributed by atoms with van der Waals surface area (Å²) in [4.78, 5) is 23.6. The zero-order valence-corrected chi connectivity index (χ0v) is 12.3. The first-order valence-electron chi connectivity index (χ1n) is 6.91. The number of morpholine rings is 1. The van der Waals surface area contributed by atoms with Crippen molar-refractivity contribution in [1.82, 2.24) is 5.32 Å². The standard InChI is InChI=1S/C15H20N2O4/c1-10-3-4-11(15(19)20-2)7-13(10)17-14(18)8-12-9-16-5-6-21-12/h3-4,7,12,16H,5-6,8-9H2,1-2H3,(H,17,18). The molecule has 1 aliphatic rings. The van der Waals surface area contributed by atoms with Gasteiger partial charge in [0.25, 0.3) is 0 Å². The smallest absolute Gasteiger partial charge is 0.337 e. The molecule has 0 aromatic heterocycles. The number of amides is 1. The molecule has 0 spiro atoms. The molecule has 1 fully saturated rings. The van der Waals surface area contributed by atoms with Crippen molar-refractivity contribution in [1.29, 1.82) is 0 Å². The molecule has 21 heavy (non-hydrogen) atoms. The Hall–Kier alpha value is -1.92. The van der Waals surface area contributed by atoms with Gasteiger partial charge in [0.15, 0.2) is 0 Å². The summed E-state index contributed by atoms with van der Waals surface area (Å²) in [5.74, 6) is -0.556. The van der Waals surface area contributed by atoms with Gasteiger partial charge in [0, 0.05) is 18.8 Å². The molecular formula is C15H20N2O4. The number of hydrogen-bond donors (Lipinski definition) is 2. The predicted octanol–water partition coefficient (Wildman–Crippen LogP) is 1.10. The van der Waals surface area contributed by atoms with Gasteiger partial charge in [0.05, 0.1) is 31.8 Å². The molecule has 1 atom stereocenters. The summed E-state index contributed by atoms with van der Waals surface area (Å²) in [7, 11) is 1.33. The van der Waals surface area contributed by atoms with Crippen LogP contribution in [0.4, 0.5) is 5.69 Å². The highest BCUT2D eigenvalue weighted by molar-refractivity contribution is 5.95. The van der Waals surface area contributed by atoms with Crippen LogP contribution in [0.3, 0.4) is 0 Å². The summed E-state index contributed by atoms with van der Waals surface area (Å²) in [6, 6.07) is 5.07. The van der Waals surface area contributed by atoms with Crippen LogP contribution in [0, 0.1) is 6.92 Å². The van der Waals surface area contributed by atoms with E-state index < -0.39 is 5.97 Å². The number of ether oxygens (including phenoxy) is 2. The third kappa shape index (κ3) is 4.27. The Labute approximate surface area is 123 Å². The molecule has 2 rings (SSSR count). The minimum atomic E-state index is -0.426. The molecule has 1 aromatic rings. The molecule has 0 aliphatic carbocycles. The molecule has 1 heterocycles. The molecule has 2 N–H and O–H groups in total.